The van der Waals surface area contributed by atoms with Gasteiger partial charge in [-0.25, -0.2) is 0 Å². The van der Waals surface area contributed by atoms with Gasteiger partial charge in [0.1, 0.15) is 0 Å². The van der Waals surface area contributed by atoms with E-state index in [4.69, 9.17) is 5.73 Å². The third-order valence-corrected chi connectivity index (χ3v) is 2.55. The summed E-state index contributed by atoms with van der Waals surface area (Å²) >= 11 is 0. The molecule has 1 aromatic rings. The maximum Gasteiger partial charge on any atom is 0.0343 e. The lowest BCUT2D eigenvalue weighted by molar-refractivity contribution is 0.448. The molecule has 64 valence electrons. The van der Waals surface area contributed by atoms with E-state index in [1.807, 2.05) is 6.07 Å². The van der Waals surface area contributed by atoms with Gasteiger partial charge in [-0.3, -0.25) is 0 Å². The summed E-state index contributed by atoms with van der Waals surface area (Å²) in [6.07, 6.45) is 0. The van der Waals surface area contributed by atoms with Gasteiger partial charge in [0.05, 0.1) is 0 Å². The second kappa shape index (κ2) is 2.79. The minimum atomic E-state index is 0.712. The highest BCUT2D eigenvalue weighted by Gasteiger charge is 2.18. The first-order valence-electron chi connectivity index (χ1n) is 4.34. The average Bonchev–Trinajstić information content (AvgIpc) is 1.93. The number of anilines is 1. The molecular formula is C10H14N2. The maximum absolute atomic E-state index is 5.73. The molecule has 0 spiro atoms. The molecule has 0 unspecified atom stereocenters. The van der Waals surface area contributed by atoms with Gasteiger partial charge in [-0.05, 0) is 24.1 Å². The summed E-state index contributed by atoms with van der Waals surface area (Å²) in [6.45, 7) is 4.29. The zero-order valence-corrected chi connectivity index (χ0v) is 7.30. The molecule has 2 heteroatoms. The van der Waals surface area contributed by atoms with Gasteiger partial charge in [0.2, 0.25) is 0 Å². The molecule has 1 fully saturated rings. The van der Waals surface area contributed by atoms with Gasteiger partial charge >= 0.3 is 0 Å². The Labute approximate surface area is 72.8 Å². The largest absolute Gasteiger partial charge is 0.399 e. The molecule has 0 bridgehead atoms. The third kappa shape index (κ3) is 1.18. The van der Waals surface area contributed by atoms with Crippen LogP contribution in [0.2, 0.25) is 0 Å². The molecule has 2 nitrogen and oxygen atoms in total. The minimum Gasteiger partial charge on any atom is -0.399 e. The predicted octanol–water partition coefficient (Wildman–Crippen LogP) is 1.26. The third-order valence-electron chi connectivity index (χ3n) is 2.55. The van der Waals surface area contributed by atoms with Crippen LogP contribution in [0.4, 0.5) is 5.69 Å². The summed E-state index contributed by atoms with van der Waals surface area (Å²) in [6, 6.07) is 6.33. The van der Waals surface area contributed by atoms with Crippen molar-refractivity contribution in [2.75, 3.05) is 18.8 Å². The Balaban J connectivity index is 2.27. The van der Waals surface area contributed by atoms with Gasteiger partial charge in [-0.2, -0.15) is 0 Å². The summed E-state index contributed by atoms with van der Waals surface area (Å²) in [5, 5.41) is 3.26. The molecule has 1 aliphatic rings. The standard InChI is InChI=1S/C10H14N2/c1-7-4-8(2-3-10(7)11)9-5-12-6-9/h2-4,9,12H,5-6,11H2,1H3. The maximum atomic E-state index is 5.73. The highest BCUT2D eigenvalue weighted by Crippen LogP contribution is 2.22. The average molecular weight is 162 g/mol. The molecular weight excluding hydrogens is 148 g/mol. The fourth-order valence-electron chi connectivity index (χ4n) is 1.48. The van der Waals surface area contributed by atoms with Crippen LogP contribution in [-0.4, -0.2) is 13.1 Å². The van der Waals surface area contributed by atoms with E-state index in [-0.39, 0.29) is 0 Å². The number of nitrogens with two attached hydrogens (primary N) is 1. The molecule has 1 saturated heterocycles. The highest BCUT2D eigenvalue weighted by atomic mass is 14.9. The van der Waals surface area contributed by atoms with Gasteiger partial charge in [0.25, 0.3) is 0 Å². The number of hydrogen-bond donors (Lipinski definition) is 2. The molecule has 2 rings (SSSR count). The van der Waals surface area contributed by atoms with Crippen molar-refractivity contribution in [2.24, 2.45) is 0 Å². The number of benzene rings is 1. The van der Waals surface area contributed by atoms with Crippen LogP contribution in [0.3, 0.4) is 0 Å². The van der Waals surface area contributed by atoms with Crippen molar-refractivity contribution in [3.63, 3.8) is 0 Å². The Morgan fingerprint density at radius 2 is 2.17 bits per heavy atom. The van der Waals surface area contributed by atoms with Crippen molar-refractivity contribution in [3.05, 3.63) is 29.3 Å². The van der Waals surface area contributed by atoms with Gasteiger partial charge in [0.15, 0.2) is 0 Å². The first kappa shape index (κ1) is 7.62. The van der Waals surface area contributed by atoms with Gasteiger partial charge in [0, 0.05) is 24.7 Å². The van der Waals surface area contributed by atoms with Crippen LogP contribution in [0.1, 0.15) is 17.0 Å². The van der Waals surface area contributed by atoms with E-state index in [1.165, 1.54) is 11.1 Å². The van der Waals surface area contributed by atoms with Crippen molar-refractivity contribution >= 4 is 5.69 Å². The van der Waals surface area contributed by atoms with Crippen molar-refractivity contribution in [1.29, 1.82) is 0 Å². The van der Waals surface area contributed by atoms with Gasteiger partial charge in [-0.15, -0.1) is 0 Å². The van der Waals surface area contributed by atoms with Crippen molar-refractivity contribution in [2.45, 2.75) is 12.8 Å². The molecule has 12 heavy (non-hydrogen) atoms. The number of hydrogen-bond acceptors (Lipinski definition) is 2. The molecule has 0 saturated carbocycles. The summed E-state index contributed by atoms with van der Waals surface area (Å²) in [7, 11) is 0. The molecule has 0 amide bonds. The Morgan fingerprint density at radius 1 is 1.42 bits per heavy atom. The van der Waals surface area contributed by atoms with Crippen LogP contribution >= 0.6 is 0 Å². The Morgan fingerprint density at radius 3 is 2.67 bits per heavy atom. The normalized spacial score (nSPS) is 17.4. The molecule has 1 aromatic carbocycles. The van der Waals surface area contributed by atoms with Crippen LogP contribution < -0.4 is 11.1 Å². The monoisotopic (exact) mass is 162 g/mol. The number of aryl methyl sites for hydroxylation is 1. The van der Waals surface area contributed by atoms with Crippen LogP contribution in [0.5, 0.6) is 0 Å². The second-order valence-electron chi connectivity index (χ2n) is 3.47. The Bertz CT molecular complexity index is 290. The SMILES string of the molecule is Cc1cc(C2CNC2)ccc1N. The Kier molecular flexibility index (Phi) is 1.77. The summed E-state index contributed by atoms with van der Waals surface area (Å²) in [5.41, 5.74) is 9.24. The lowest BCUT2D eigenvalue weighted by Crippen LogP contribution is -2.39. The van der Waals surface area contributed by atoms with E-state index in [0.29, 0.717) is 5.92 Å². The second-order valence-corrected chi connectivity index (χ2v) is 3.47. The van der Waals surface area contributed by atoms with Crippen molar-refractivity contribution in [3.8, 4) is 0 Å². The fourth-order valence-corrected chi connectivity index (χ4v) is 1.48. The first-order chi connectivity index (χ1) is 5.77. The van der Waals surface area contributed by atoms with E-state index in [9.17, 15) is 0 Å². The topological polar surface area (TPSA) is 38.0 Å². The summed E-state index contributed by atoms with van der Waals surface area (Å²) in [5.74, 6) is 0.712. The lowest BCUT2D eigenvalue weighted by Gasteiger charge is -2.27. The molecule has 0 radical (unpaired) electrons. The Hall–Kier alpha value is -1.02. The van der Waals surface area contributed by atoms with Crippen LogP contribution in [0, 0.1) is 6.92 Å². The zero-order valence-electron chi connectivity index (χ0n) is 7.30. The minimum absolute atomic E-state index is 0.712. The quantitative estimate of drug-likeness (QED) is 0.610. The lowest BCUT2D eigenvalue weighted by atomic mass is 9.92. The summed E-state index contributed by atoms with van der Waals surface area (Å²) < 4.78 is 0. The van der Waals surface area contributed by atoms with Crippen LogP contribution in [0.25, 0.3) is 0 Å². The fraction of sp³-hybridized carbons (Fsp3) is 0.400. The molecule has 0 atom stereocenters. The van der Waals surface area contributed by atoms with Crippen molar-refractivity contribution in [1.82, 2.24) is 5.32 Å². The van der Waals surface area contributed by atoms with E-state index in [2.05, 4.69) is 24.4 Å². The first-order valence-corrected chi connectivity index (χ1v) is 4.34. The highest BCUT2D eigenvalue weighted by molar-refractivity contribution is 5.48. The molecule has 0 aliphatic carbocycles. The number of nitrogen functional groups attached to an aromatic ring is 1. The molecule has 3 N–H and O–H groups in total. The van der Waals surface area contributed by atoms with E-state index >= 15 is 0 Å². The van der Waals surface area contributed by atoms with Gasteiger partial charge in [-0.1, -0.05) is 12.1 Å². The van der Waals surface area contributed by atoms with Crippen LogP contribution in [0.15, 0.2) is 18.2 Å². The molecule has 0 aromatic heterocycles. The number of nitrogens with one attached hydrogen (secondary N) is 1. The van der Waals surface area contributed by atoms with Crippen LogP contribution in [-0.2, 0) is 0 Å². The van der Waals surface area contributed by atoms with Gasteiger partial charge < -0.3 is 11.1 Å². The molecule has 1 aliphatic heterocycles. The van der Waals surface area contributed by atoms with Crippen molar-refractivity contribution < 1.29 is 0 Å². The predicted molar refractivity (Wildman–Crippen MR) is 51.2 cm³/mol. The van der Waals surface area contributed by atoms with E-state index in [1.54, 1.807) is 0 Å². The van der Waals surface area contributed by atoms with E-state index < -0.39 is 0 Å². The summed E-state index contributed by atoms with van der Waals surface area (Å²) in [4.78, 5) is 0. The smallest absolute Gasteiger partial charge is 0.0343 e. The molecule has 1 heterocycles. The van der Waals surface area contributed by atoms with E-state index in [0.717, 1.165) is 18.8 Å². The number of rotatable bonds is 1. The zero-order chi connectivity index (χ0) is 8.55.